The zero-order valence-electron chi connectivity index (χ0n) is 21.3. The predicted molar refractivity (Wildman–Crippen MR) is 144 cm³/mol. The number of thiol groups is 1. The molecule has 1 amide bonds. The van der Waals surface area contributed by atoms with Crippen molar-refractivity contribution in [2.45, 2.75) is 77.7 Å². The van der Waals surface area contributed by atoms with E-state index < -0.39 is 23.1 Å². The maximum absolute atomic E-state index is 13.3. The van der Waals surface area contributed by atoms with Gasteiger partial charge in [0.2, 0.25) is 10.9 Å². The van der Waals surface area contributed by atoms with Crippen LogP contribution in [-0.2, 0) is 20.8 Å². The number of carbonyl (C=O) groups excluding carboxylic acids is 3. The number of ketones is 1. The van der Waals surface area contributed by atoms with Gasteiger partial charge < -0.3 is 4.90 Å². The Labute approximate surface area is 215 Å². The first-order valence-corrected chi connectivity index (χ1v) is 13.4. The molecule has 0 radical (unpaired) electrons. The monoisotopic (exact) mass is 493 g/mol. The Bertz CT molecular complexity index is 989. The Morgan fingerprint density at radius 2 is 1.63 bits per heavy atom. The van der Waals surface area contributed by atoms with Gasteiger partial charge >= 0.3 is 0 Å². The van der Waals surface area contributed by atoms with Crippen LogP contribution < -0.4 is 0 Å². The lowest BCUT2D eigenvalue weighted by molar-refractivity contribution is -0.154. The van der Waals surface area contributed by atoms with Gasteiger partial charge in [-0.25, -0.2) is 0 Å². The normalized spacial score (nSPS) is 19.3. The van der Waals surface area contributed by atoms with Crippen molar-refractivity contribution in [1.29, 1.82) is 0 Å². The number of hydrogen-bond acceptors (Lipinski definition) is 3. The number of piperidine rings is 1. The van der Waals surface area contributed by atoms with Gasteiger partial charge in [-0.3, -0.25) is 14.4 Å². The van der Waals surface area contributed by atoms with Crippen LogP contribution in [-0.4, -0.2) is 34.3 Å². The summed E-state index contributed by atoms with van der Waals surface area (Å²) in [5, 5.41) is -0.324. The number of benzene rings is 2. The van der Waals surface area contributed by atoms with E-state index in [0.717, 1.165) is 38.5 Å². The third kappa shape index (κ3) is 6.84. The van der Waals surface area contributed by atoms with E-state index in [2.05, 4.69) is 49.0 Å². The van der Waals surface area contributed by atoms with Crippen molar-refractivity contribution in [3.63, 3.8) is 0 Å². The van der Waals surface area contributed by atoms with Gasteiger partial charge in [-0.05, 0) is 61.5 Å². The highest BCUT2D eigenvalue weighted by molar-refractivity contribution is 7.96. The molecule has 0 spiro atoms. The minimum atomic E-state index is -0.746. The van der Waals surface area contributed by atoms with E-state index in [4.69, 9.17) is 0 Å². The number of likely N-dealkylation sites (tertiary alicyclic amines) is 1. The van der Waals surface area contributed by atoms with Gasteiger partial charge in [0, 0.05) is 12.0 Å². The van der Waals surface area contributed by atoms with Crippen molar-refractivity contribution in [2.75, 3.05) is 6.54 Å². The zero-order chi connectivity index (χ0) is 25.4. The standard InChI is InChI=1S/C30H39NO3S/c1-4-30(2,3)27(32)28(33)31-21-13-20-25(26(31)29(34)35)24(23-17-9-6-10-18-23)19-12-11-16-22-14-7-5-8-15-22/h5-10,14-15,17-18,24-26H,4,11-13,16,19-21H2,1-3H3,(H,34,35). The van der Waals surface area contributed by atoms with E-state index in [-0.39, 0.29) is 17.0 Å². The van der Waals surface area contributed by atoms with Crippen molar-refractivity contribution in [1.82, 2.24) is 4.90 Å². The second-order valence-electron chi connectivity index (χ2n) is 10.4. The molecular weight excluding hydrogens is 454 g/mol. The number of carbonyl (C=O) groups is 3. The summed E-state index contributed by atoms with van der Waals surface area (Å²) in [6.07, 6.45) is 6.22. The minimum Gasteiger partial charge on any atom is -0.325 e. The molecule has 1 aliphatic rings. The van der Waals surface area contributed by atoms with Gasteiger partial charge in [-0.15, -0.1) is 12.6 Å². The third-order valence-electron chi connectivity index (χ3n) is 7.70. The highest BCUT2D eigenvalue weighted by Gasteiger charge is 2.45. The molecule has 3 unspecified atom stereocenters. The SMILES string of the molecule is CCC(C)(C)C(=O)C(=O)N1CCCC(C(CCCCc2ccccc2)c2ccccc2)C1C(=O)S. The molecule has 5 heteroatoms. The summed E-state index contributed by atoms with van der Waals surface area (Å²) >= 11 is 4.24. The lowest BCUT2D eigenvalue weighted by Crippen LogP contribution is -2.56. The molecule has 3 rings (SSSR count). The lowest BCUT2D eigenvalue weighted by atomic mass is 9.73. The molecule has 2 aromatic rings. The summed E-state index contributed by atoms with van der Waals surface area (Å²) in [5.41, 5.74) is 1.77. The van der Waals surface area contributed by atoms with Crippen molar-refractivity contribution in [3.05, 3.63) is 71.8 Å². The Hall–Kier alpha value is -2.40. The summed E-state index contributed by atoms with van der Waals surface area (Å²) in [6.45, 7) is 5.93. The molecule has 4 nitrogen and oxygen atoms in total. The van der Waals surface area contributed by atoms with Crippen LogP contribution in [0.15, 0.2) is 60.7 Å². The smallest absolute Gasteiger partial charge is 0.291 e. The molecule has 0 aromatic heterocycles. The van der Waals surface area contributed by atoms with Gasteiger partial charge in [-0.1, -0.05) is 87.9 Å². The van der Waals surface area contributed by atoms with E-state index in [1.54, 1.807) is 13.8 Å². The van der Waals surface area contributed by atoms with Gasteiger partial charge in [-0.2, -0.15) is 0 Å². The Balaban J connectivity index is 1.82. The number of Topliss-reactive ketones (excluding diaryl/α,β-unsaturated/α-hetero) is 1. The quantitative estimate of drug-likeness (QED) is 0.229. The number of rotatable bonds is 11. The molecule has 0 bridgehead atoms. The van der Waals surface area contributed by atoms with Crippen LogP contribution in [0.25, 0.3) is 0 Å². The second-order valence-corrected chi connectivity index (χ2v) is 10.8. The van der Waals surface area contributed by atoms with Gasteiger partial charge in [0.15, 0.2) is 0 Å². The Morgan fingerprint density at radius 3 is 2.23 bits per heavy atom. The lowest BCUT2D eigenvalue weighted by Gasteiger charge is -2.43. The molecule has 2 aromatic carbocycles. The number of nitrogens with zero attached hydrogens (tertiary/aromatic N) is 1. The molecular formula is C30H39NO3S. The molecule has 0 N–H and O–H groups in total. The fraction of sp³-hybridized carbons (Fsp3) is 0.500. The van der Waals surface area contributed by atoms with Crippen LogP contribution in [0.1, 0.15) is 76.3 Å². The fourth-order valence-electron chi connectivity index (χ4n) is 5.24. The summed E-state index contributed by atoms with van der Waals surface area (Å²) < 4.78 is 0. The average Bonchev–Trinajstić information content (AvgIpc) is 2.88. The highest BCUT2D eigenvalue weighted by atomic mass is 32.1. The van der Waals surface area contributed by atoms with E-state index in [0.29, 0.717) is 13.0 Å². The molecule has 1 aliphatic heterocycles. The maximum atomic E-state index is 13.3. The number of hydrogen-bond donors (Lipinski definition) is 1. The van der Waals surface area contributed by atoms with Gasteiger partial charge in [0.25, 0.3) is 5.91 Å². The van der Waals surface area contributed by atoms with E-state index in [9.17, 15) is 14.4 Å². The van der Waals surface area contributed by atoms with Crippen LogP contribution >= 0.6 is 12.6 Å². The molecule has 1 fully saturated rings. The topological polar surface area (TPSA) is 54.5 Å². The molecule has 0 aliphatic carbocycles. The number of unbranched alkanes of at least 4 members (excludes halogenated alkanes) is 1. The number of amides is 1. The maximum Gasteiger partial charge on any atom is 0.291 e. The van der Waals surface area contributed by atoms with Crippen LogP contribution in [0.4, 0.5) is 0 Å². The molecule has 3 atom stereocenters. The first kappa shape index (κ1) is 27.2. The minimum absolute atomic E-state index is 0.0608. The molecule has 1 heterocycles. The highest BCUT2D eigenvalue weighted by Crippen LogP contribution is 2.40. The van der Waals surface area contributed by atoms with Crippen molar-refractivity contribution in [2.24, 2.45) is 11.3 Å². The van der Waals surface area contributed by atoms with E-state index in [1.807, 2.05) is 31.2 Å². The molecule has 188 valence electrons. The summed E-state index contributed by atoms with van der Waals surface area (Å²) in [4.78, 5) is 40.8. The number of aryl methyl sites for hydroxylation is 1. The van der Waals surface area contributed by atoms with Crippen LogP contribution in [0.3, 0.4) is 0 Å². The van der Waals surface area contributed by atoms with E-state index in [1.165, 1.54) is 16.0 Å². The van der Waals surface area contributed by atoms with Crippen LogP contribution in [0.5, 0.6) is 0 Å². The zero-order valence-corrected chi connectivity index (χ0v) is 22.2. The van der Waals surface area contributed by atoms with Crippen molar-refractivity contribution >= 4 is 29.4 Å². The fourth-order valence-corrected chi connectivity index (χ4v) is 5.57. The van der Waals surface area contributed by atoms with Crippen LogP contribution in [0.2, 0.25) is 0 Å². The second kappa shape index (κ2) is 12.5. The van der Waals surface area contributed by atoms with Gasteiger partial charge in [0.1, 0.15) is 6.04 Å². The summed E-state index contributed by atoms with van der Waals surface area (Å²) in [5.74, 6) is -0.892. The van der Waals surface area contributed by atoms with Crippen LogP contribution in [0, 0.1) is 11.3 Å². The molecule has 1 saturated heterocycles. The summed E-state index contributed by atoms with van der Waals surface area (Å²) in [7, 11) is 0. The first-order valence-electron chi connectivity index (χ1n) is 12.9. The molecule has 35 heavy (non-hydrogen) atoms. The largest absolute Gasteiger partial charge is 0.325 e. The first-order chi connectivity index (χ1) is 16.8. The Morgan fingerprint density at radius 1 is 1.00 bits per heavy atom. The van der Waals surface area contributed by atoms with E-state index >= 15 is 0 Å². The molecule has 0 saturated carbocycles. The van der Waals surface area contributed by atoms with Crippen molar-refractivity contribution < 1.29 is 14.4 Å². The van der Waals surface area contributed by atoms with Crippen molar-refractivity contribution in [3.8, 4) is 0 Å². The predicted octanol–water partition coefficient (Wildman–Crippen LogP) is 6.25. The van der Waals surface area contributed by atoms with Gasteiger partial charge in [0.05, 0.1) is 0 Å². The summed E-state index contributed by atoms with van der Waals surface area (Å²) in [6, 6.07) is 20.1. The Kier molecular flexibility index (Phi) is 9.73. The average molecular weight is 494 g/mol. The third-order valence-corrected chi connectivity index (χ3v) is 7.97.